The molecule has 2 atom stereocenters. The topological polar surface area (TPSA) is 78.8 Å². The molecule has 5 heteroatoms. The van der Waals surface area contributed by atoms with E-state index in [1.54, 1.807) is 12.1 Å². The van der Waals surface area contributed by atoms with Crippen LogP contribution in [0.15, 0.2) is 12.1 Å². The summed E-state index contributed by atoms with van der Waals surface area (Å²) in [5.74, 6) is -0.463. The minimum absolute atomic E-state index is 0.179. The van der Waals surface area contributed by atoms with Crippen LogP contribution in [0.25, 0.3) is 0 Å². The largest absolute Gasteiger partial charge is 0.507 e. The van der Waals surface area contributed by atoms with Gasteiger partial charge < -0.3 is 20.3 Å². The molecule has 5 nitrogen and oxygen atoms in total. The van der Waals surface area contributed by atoms with Crippen molar-refractivity contribution in [2.45, 2.75) is 19.4 Å². The number of carboxylic acids is 1. The number of aromatic hydroxyl groups is 1. The number of hydrogen-bond acceptors (Lipinski definition) is 4. The molecule has 0 amide bonds. The lowest BCUT2D eigenvalue weighted by atomic mass is 9.97. The first-order valence-electron chi connectivity index (χ1n) is 5.87. The molecule has 3 N–H and O–H groups in total. The molecule has 1 aliphatic rings. The number of benzene rings is 1. The number of ether oxygens (including phenoxy) is 1. The Balaban J connectivity index is 2.34. The number of carbonyl (C=O) groups is 1. The maximum atomic E-state index is 11.0. The molecule has 0 aliphatic carbocycles. The van der Waals surface area contributed by atoms with E-state index in [1.165, 1.54) is 7.11 Å². The summed E-state index contributed by atoms with van der Waals surface area (Å²) in [6, 6.07) is 3.39. The maximum Gasteiger partial charge on any atom is 0.307 e. The Morgan fingerprint density at radius 2 is 2.22 bits per heavy atom. The third-order valence-corrected chi connectivity index (χ3v) is 3.43. The van der Waals surface area contributed by atoms with Crippen LogP contribution in [0.3, 0.4) is 0 Å². The summed E-state index contributed by atoms with van der Waals surface area (Å²) >= 11 is 0. The van der Waals surface area contributed by atoms with Gasteiger partial charge in [-0.25, -0.2) is 0 Å². The lowest BCUT2D eigenvalue weighted by Crippen LogP contribution is -2.17. The van der Waals surface area contributed by atoms with Gasteiger partial charge in [0.1, 0.15) is 11.5 Å². The fourth-order valence-electron chi connectivity index (χ4n) is 2.36. The molecule has 1 aromatic carbocycles. The molecule has 0 saturated carbocycles. The van der Waals surface area contributed by atoms with Crippen LogP contribution in [0.5, 0.6) is 11.5 Å². The fourth-order valence-corrected chi connectivity index (χ4v) is 2.36. The minimum Gasteiger partial charge on any atom is -0.507 e. The van der Waals surface area contributed by atoms with Crippen LogP contribution in [0.4, 0.5) is 0 Å². The van der Waals surface area contributed by atoms with Crippen LogP contribution in [0, 0.1) is 12.8 Å². The number of phenolic OH excluding ortho intramolecular Hbond substituents is 1. The van der Waals surface area contributed by atoms with E-state index in [0.29, 0.717) is 24.3 Å². The van der Waals surface area contributed by atoms with E-state index < -0.39 is 11.9 Å². The van der Waals surface area contributed by atoms with Gasteiger partial charge in [0.15, 0.2) is 0 Å². The van der Waals surface area contributed by atoms with Gasteiger partial charge in [0.25, 0.3) is 0 Å². The van der Waals surface area contributed by atoms with Crippen molar-refractivity contribution in [3.8, 4) is 11.5 Å². The fraction of sp³-hybridized carbons (Fsp3) is 0.462. The lowest BCUT2D eigenvalue weighted by molar-refractivity contribution is -0.141. The molecule has 0 bridgehead atoms. The van der Waals surface area contributed by atoms with E-state index in [2.05, 4.69) is 5.32 Å². The van der Waals surface area contributed by atoms with Crippen molar-refractivity contribution >= 4 is 5.97 Å². The second-order valence-electron chi connectivity index (χ2n) is 4.58. The molecule has 1 heterocycles. The van der Waals surface area contributed by atoms with Crippen molar-refractivity contribution in [1.29, 1.82) is 0 Å². The normalized spacial score (nSPS) is 23.0. The average molecular weight is 251 g/mol. The first kappa shape index (κ1) is 12.7. The lowest BCUT2D eigenvalue weighted by Gasteiger charge is -2.18. The second kappa shape index (κ2) is 4.86. The van der Waals surface area contributed by atoms with Crippen LogP contribution in [0.1, 0.15) is 23.6 Å². The molecular formula is C13H17NO4. The van der Waals surface area contributed by atoms with Gasteiger partial charge in [0.05, 0.1) is 18.6 Å². The zero-order valence-corrected chi connectivity index (χ0v) is 10.4. The molecule has 0 aromatic heterocycles. The Labute approximate surface area is 105 Å². The Bertz CT molecular complexity index is 472. The van der Waals surface area contributed by atoms with Crippen molar-refractivity contribution in [3.63, 3.8) is 0 Å². The number of nitrogens with one attached hydrogen (secondary N) is 1. The maximum absolute atomic E-state index is 11.0. The molecule has 1 aliphatic heterocycles. The van der Waals surface area contributed by atoms with Gasteiger partial charge in [0.2, 0.25) is 0 Å². The smallest absolute Gasteiger partial charge is 0.307 e. The standard InChI is InChI=1S/C13H17NO4/c1-7-3-4-10(18-2)11(12(7)15)9-5-8(6-14-9)13(16)17/h3-4,8-9,14-15H,5-6H2,1-2H3,(H,16,17). The van der Waals surface area contributed by atoms with Gasteiger partial charge in [-0.2, -0.15) is 0 Å². The van der Waals surface area contributed by atoms with Gasteiger partial charge in [-0.15, -0.1) is 0 Å². The number of methoxy groups -OCH3 is 1. The first-order chi connectivity index (χ1) is 8.54. The summed E-state index contributed by atoms with van der Waals surface area (Å²) in [5.41, 5.74) is 1.41. The Morgan fingerprint density at radius 1 is 1.50 bits per heavy atom. The molecule has 0 radical (unpaired) electrons. The van der Waals surface area contributed by atoms with Crippen LogP contribution >= 0.6 is 0 Å². The third kappa shape index (κ3) is 2.13. The number of carboxylic acid groups (broad SMARTS) is 1. The Hall–Kier alpha value is -1.75. The van der Waals surface area contributed by atoms with E-state index in [4.69, 9.17) is 9.84 Å². The van der Waals surface area contributed by atoms with Gasteiger partial charge in [-0.05, 0) is 25.0 Å². The van der Waals surface area contributed by atoms with E-state index in [-0.39, 0.29) is 11.8 Å². The molecule has 0 spiro atoms. The van der Waals surface area contributed by atoms with Crippen molar-refractivity contribution in [1.82, 2.24) is 5.32 Å². The first-order valence-corrected chi connectivity index (χ1v) is 5.87. The van der Waals surface area contributed by atoms with Crippen LogP contribution in [0.2, 0.25) is 0 Å². The van der Waals surface area contributed by atoms with E-state index in [9.17, 15) is 9.90 Å². The highest BCUT2D eigenvalue weighted by Crippen LogP contribution is 2.40. The Morgan fingerprint density at radius 3 is 2.78 bits per heavy atom. The molecule has 1 saturated heterocycles. The van der Waals surface area contributed by atoms with Gasteiger partial charge in [-0.1, -0.05) is 6.07 Å². The summed E-state index contributed by atoms with van der Waals surface area (Å²) in [6.07, 6.45) is 0.461. The molecule has 2 rings (SSSR count). The molecule has 1 aromatic rings. The molecule has 18 heavy (non-hydrogen) atoms. The van der Waals surface area contributed by atoms with Gasteiger partial charge >= 0.3 is 5.97 Å². The van der Waals surface area contributed by atoms with Crippen LogP contribution < -0.4 is 10.1 Å². The van der Waals surface area contributed by atoms with Gasteiger partial charge in [0, 0.05) is 12.6 Å². The highest BCUT2D eigenvalue weighted by Gasteiger charge is 2.33. The average Bonchev–Trinajstić information content (AvgIpc) is 2.81. The zero-order valence-electron chi connectivity index (χ0n) is 10.4. The number of aryl methyl sites for hydroxylation is 1. The second-order valence-corrected chi connectivity index (χ2v) is 4.58. The third-order valence-electron chi connectivity index (χ3n) is 3.43. The Kier molecular flexibility index (Phi) is 3.43. The number of rotatable bonds is 3. The SMILES string of the molecule is COc1ccc(C)c(O)c1C1CC(C(=O)O)CN1. The summed E-state index contributed by atoms with van der Waals surface area (Å²) in [6.45, 7) is 2.22. The number of hydrogen-bond donors (Lipinski definition) is 3. The molecule has 98 valence electrons. The predicted octanol–water partition coefficient (Wildman–Crippen LogP) is 1.44. The summed E-state index contributed by atoms with van der Waals surface area (Å²) < 4.78 is 5.24. The summed E-state index contributed by atoms with van der Waals surface area (Å²) in [7, 11) is 1.54. The van der Waals surface area contributed by atoms with Gasteiger partial charge in [-0.3, -0.25) is 4.79 Å². The number of phenols is 1. The van der Waals surface area contributed by atoms with Crippen molar-refractivity contribution in [2.24, 2.45) is 5.92 Å². The van der Waals surface area contributed by atoms with Crippen LogP contribution in [-0.4, -0.2) is 29.8 Å². The van der Waals surface area contributed by atoms with Crippen molar-refractivity contribution in [2.75, 3.05) is 13.7 Å². The zero-order chi connectivity index (χ0) is 13.3. The molecular weight excluding hydrogens is 234 g/mol. The predicted molar refractivity (Wildman–Crippen MR) is 65.9 cm³/mol. The minimum atomic E-state index is -0.809. The summed E-state index contributed by atoms with van der Waals surface area (Å²) in [4.78, 5) is 11.0. The van der Waals surface area contributed by atoms with E-state index >= 15 is 0 Å². The van der Waals surface area contributed by atoms with Crippen LogP contribution in [-0.2, 0) is 4.79 Å². The molecule has 1 fully saturated rings. The van der Waals surface area contributed by atoms with E-state index in [0.717, 1.165) is 5.56 Å². The quantitative estimate of drug-likeness (QED) is 0.757. The van der Waals surface area contributed by atoms with Crippen molar-refractivity contribution in [3.05, 3.63) is 23.3 Å². The summed E-state index contributed by atoms with van der Waals surface area (Å²) in [5, 5.41) is 22.2. The van der Waals surface area contributed by atoms with Crippen molar-refractivity contribution < 1.29 is 19.7 Å². The number of aliphatic carboxylic acids is 1. The highest BCUT2D eigenvalue weighted by molar-refractivity contribution is 5.71. The highest BCUT2D eigenvalue weighted by atomic mass is 16.5. The monoisotopic (exact) mass is 251 g/mol. The van der Waals surface area contributed by atoms with E-state index in [1.807, 2.05) is 6.92 Å². The molecule has 2 unspecified atom stereocenters.